The van der Waals surface area contributed by atoms with Crippen molar-refractivity contribution >= 4 is 29.0 Å². The Morgan fingerprint density at radius 2 is 2.08 bits per heavy atom. The van der Waals surface area contributed by atoms with E-state index in [2.05, 4.69) is 10.6 Å². The first-order valence-electron chi connectivity index (χ1n) is 8.19. The van der Waals surface area contributed by atoms with Crippen LogP contribution in [0.5, 0.6) is 5.75 Å². The highest BCUT2D eigenvalue weighted by molar-refractivity contribution is 7.09. The van der Waals surface area contributed by atoms with Gasteiger partial charge in [0.25, 0.3) is 0 Å². The van der Waals surface area contributed by atoms with Gasteiger partial charge in [0, 0.05) is 17.1 Å². The van der Waals surface area contributed by atoms with Crippen molar-refractivity contribution in [3.05, 3.63) is 46.7 Å². The van der Waals surface area contributed by atoms with Crippen LogP contribution in [0.3, 0.4) is 0 Å². The van der Waals surface area contributed by atoms with Crippen molar-refractivity contribution in [2.24, 2.45) is 0 Å². The number of anilines is 1. The summed E-state index contributed by atoms with van der Waals surface area (Å²) in [5, 5.41) is 7.75. The van der Waals surface area contributed by atoms with Crippen molar-refractivity contribution in [1.82, 2.24) is 10.2 Å². The summed E-state index contributed by atoms with van der Waals surface area (Å²) in [5.74, 6) is 0.626. The first-order valence-corrected chi connectivity index (χ1v) is 9.07. The van der Waals surface area contributed by atoms with Crippen molar-refractivity contribution in [1.29, 1.82) is 0 Å². The molecule has 1 fully saturated rings. The Labute approximate surface area is 150 Å². The largest absolute Gasteiger partial charge is 0.497 e. The third-order valence-electron chi connectivity index (χ3n) is 4.17. The van der Waals surface area contributed by atoms with E-state index in [1.807, 2.05) is 17.5 Å². The quantitative estimate of drug-likeness (QED) is 0.862. The maximum absolute atomic E-state index is 12.5. The molecule has 6 nitrogen and oxygen atoms in total. The number of benzene rings is 1. The Morgan fingerprint density at radius 3 is 2.76 bits per heavy atom. The van der Waals surface area contributed by atoms with Crippen LogP contribution in [0, 0.1) is 0 Å². The van der Waals surface area contributed by atoms with Crippen molar-refractivity contribution in [3.63, 3.8) is 0 Å². The molecule has 0 aliphatic carbocycles. The monoisotopic (exact) mass is 359 g/mol. The number of nitrogens with zero attached hydrogens (tertiary/aromatic N) is 1. The molecule has 1 aromatic heterocycles. The minimum Gasteiger partial charge on any atom is -0.497 e. The van der Waals surface area contributed by atoms with Crippen molar-refractivity contribution in [3.8, 4) is 5.75 Å². The minimum absolute atomic E-state index is 0.101. The number of hydrogen-bond acceptors (Lipinski definition) is 4. The highest BCUT2D eigenvalue weighted by Crippen LogP contribution is 2.21. The first-order chi connectivity index (χ1) is 12.2. The fourth-order valence-electron chi connectivity index (χ4n) is 2.86. The van der Waals surface area contributed by atoms with E-state index in [0.29, 0.717) is 25.2 Å². The summed E-state index contributed by atoms with van der Waals surface area (Å²) in [5.41, 5.74) is 0.676. The van der Waals surface area contributed by atoms with Crippen LogP contribution in [0.1, 0.15) is 17.7 Å². The Morgan fingerprint density at radius 1 is 1.28 bits per heavy atom. The van der Waals surface area contributed by atoms with E-state index < -0.39 is 6.04 Å². The average Bonchev–Trinajstić information content (AvgIpc) is 3.32. The molecule has 3 rings (SSSR count). The van der Waals surface area contributed by atoms with E-state index in [1.54, 1.807) is 47.6 Å². The maximum atomic E-state index is 12.5. The molecule has 1 aromatic carbocycles. The smallest absolute Gasteiger partial charge is 0.322 e. The Balaban J connectivity index is 1.57. The van der Waals surface area contributed by atoms with Gasteiger partial charge in [0.05, 0.1) is 13.7 Å². The molecule has 1 aliphatic heterocycles. The molecule has 3 amide bonds. The number of rotatable bonds is 5. The van der Waals surface area contributed by atoms with Crippen molar-refractivity contribution in [2.45, 2.75) is 25.4 Å². The lowest BCUT2D eigenvalue weighted by Gasteiger charge is -2.24. The second-order valence-electron chi connectivity index (χ2n) is 5.81. The number of ether oxygens (including phenoxy) is 1. The van der Waals surface area contributed by atoms with Crippen molar-refractivity contribution in [2.75, 3.05) is 19.0 Å². The number of nitrogens with one attached hydrogen (secondary N) is 2. The van der Waals surface area contributed by atoms with Crippen LogP contribution < -0.4 is 15.4 Å². The zero-order valence-electron chi connectivity index (χ0n) is 14.0. The lowest BCUT2D eigenvalue weighted by molar-refractivity contribution is -0.124. The lowest BCUT2D eigenvalue weighted by atomic mass is 10.2. The van der Waals surface area contributed by atoms with Gasteiger partial charge < -0.3 is 20.3 Å². The van der Waals surface area contributed by atoms with Crippen molar-refractivity contribution < 1.29 is 14.3 Å². The van der Waals surface area contributed by atoms with Gasteiger partial charge in [-0.25, -0.2) is 4.79 Å². The molecule has 0 radical (unpaired) electrons. The van der Waals surface area contributed by atoms with E-state index in [-0.39, 0.29) is 11.9 Å². The first kappa shape index (κ1) is 17.3. The summed E-state index contributed by atoms with van der Waals surface area (Å²) in [6.45, 7) is 1.08. The van der Waals surface area contributed by atoms with Crippen LogP contribution >= 0.6 is 11.3 Å². The normalized spacial score (nSPS) is 16.5. The molecule has 2 aromatic rings. The van der Waals surface area contributed by atoms with Crippen LogP contribution in [-0.4, -0.2) is 36.5 Å². The van der Waals surface area contributed by atoms with Crippen LogP contribution in [0.4, 0.5) is 10.5 Å². The molecule has 25 heavy (non-hydrogen) atoms. The molecule has 1 aliphatic rings. The third-order valence-corrected chi connectivity index (χ3v) is 5.05. The Bertz CT molecular complexity index is 716. The van der Waals surface area contributed by atoms with Gasteiger partial charge in [0.2, 0.25) is 5.91 Å². The number of hydrogen-bond donors (Lipinski definition) is 2. The van der Waals surface area contributed by atoms with E-state index in [9.17, 15) is 9.59 Å². The summed E-state index contributed by atoms with van der Waals surface area (Å²) in [6, 6.07) is 10.4. The summed E-state index contributed by atoms with van der Waals surface area (Å²) in [6.07, 6.45) is 1.51. The van der Waals surface area contributed by atoms with E-state index in [1.165, 1.54) is 0 Å². The SMILES string of the molecule is COc1ccc(NC(=O)N2CCC[C@@H]2C(=O)NCc2cccs2)cc1. The predicted octanol–water partition coefficient (Wildman–Crippen LogP) is 3.07. The molecule has 2 heterocycles. The van der Waals surface area contributed by atoms with E-state index in [0.717, 1.165) is 17.0 Å². The second-order valence-corrected chi connectivity index (χ2v) is 6.84. The standard InChI is InChI=1S/C18H21N3O3S/c1-24-14-8-6-13(7-9-14)20-18(23)21-10-2-5-16(21)17(22)19-12-15-4-3-11-25-15/h3-4,6-9,11,16H,2,5,10,12H2,1H3,(H,19,22)(H,20,23)/t16-/m1/s1. The van der Waals surface area contributed by atoms with Crippen LogP contribution in [-0.2, 0) is 11.3 Å². The maximum Gasteiger partial charge on any atom is 0.322 e. The molecular weight excluding hydrogens is 338 g/mol. The molecule has 7 heteroatoms. The van der Waals surface area contributed by atoms with E-state index >= 15 is 0 Å². The third kappa shape index (κ3) is 4.30. The fourth-order valence-corrected chi connectivity index (χ4v) is 3.50. The van der Waals surface area contributed by atoms with Gasteiger partial charge in [-0.15, -0.1) is 11.3 Å². The topological polar surface area (TPSA) is 70.7 Å². The van der Waals surface area contributed by atoms with Gasteiger partial charge in [0.1, 0.15) is 11.8 Å². The molecule has 132 valence electrons. The predicted molar refractivity (Wildman–Crippen MR) is 97.9 cm³/mol. The number of thiophene rings is 1. The van der Waals surface area contributed by atoms with Gasteiger partial charge in [-0.05, 0) is 48.6 Å². The second kappa shape index (κ2) is 8.02. The zero-order chi connectivity index (χ0) is 17.6. The number of methoxy groups -OCH3 is 1. The van der Waals surface area contributed by atoms with Gasteiger partial charge in [-0.1, -0.05) is 6.07 Å². The Hall–Kier alpha value is -2.54. The zero-order valence-corrected chi connectivity index (χ0v) is 14.8. The molecule has 0 unspecified atom stereocenters. The molecular formula is C18H21N3O3S. The molecule has 1 atom stereocenters. The molecule has 1 saturated heterocycles. The number of carbonyl (C=O) groups excluding carboxylic acids is 2. The number of carbonyl (C=O) groups is 2. The van der Waals surface area contributed by atoms with Gasteiger partial charge in [0.15, 0.2) is 0 Å². The highest BCUT2D eigenvalue weighted by Gasteiger charge is 2.34. The number of urea groups is 1. The Kier molecular flexibility index (Phi) is 5.55. The number of likely N-dealkylation sites (tertiary alicyclic amines) is 1. The molecule has 0 saturated carbocycles. The molecule has 0 bridgehead atoms. The number of amides is 3. The summed E-state index contributed by atoms with van der Waals surface area (Å²) >= 11 is 1.60. The summed E-state index contributed by atoms with van der Waals surface area (Å²) in [7, 11) is 1.59. The molecule has 0 spiro atoms. The van der Waals surface area contributed by atoms with Crippen LogP contribution in [0.25, 0.3) is 0 Å². The van der Waals surface area contributed by atoms with Gasteiger partial charge in [-0.2, -0.15) is 0 Å². The van der Waals surface area contributed by atoms with Gasteiger partial charge >= 0.3 is 6.03 Å². The summed E-state index contributed by atoms with van der Waals surface area (Å²) in [4.78, 5) is 27.7. The van der Waals surface area contributed by atoms with Crippen LogP contribution in [0.15, 0.2) is 41.8 Å². The van der Waals surface area contributed by atoms with Crippen LogP contribution in [0.2, 0.25) is 0 Å². The molecule has 2 N–H and O–H groups in total. The van der Waals surface area contributed by atoms with Gasteiger partial charge in [-0.3, -0.25) is 4.79 Å². The minimum atomic E-state index is -0.418. The fraction of sp³-hybridized carbons (Fsp3) is 0.333. The highest BCUT2D eigenvalue weighted by atomic mass is 32.1. The summed E-state index contributed by atoms with van der Waals surface area (Å²) < 4.78 is 5.10. The average molecular weight is 359 g/mol. The van der Waals surface area contributed by atoms with E-state index in [4.69, 9.17) is 4.74 Å². The lowest BCUT2D eigenvalue weighted by Crippen LogP contribution is -2.47.